The van der Waals surface area contributed by atoms with Gasteiger partial charge in [0.05, 0.1) is 15.7 Å². The molecular weight excluding hydrogens is 307 g/mol. The highest BCUT2D eigenvalue weighted by molar-refractivity contribution is 6.42. The van der Waals surface area contributed by atoms with Crippen molar-refractivity contribution < 1.29 is 4.79 Å². The highest BCUT2D eigenvalue weighted by Gasteiger charge is 2.11. The second-order valence-electron chi connectivity index (χ2n) is 3.69. The summed E-state index contributed by atoms with van der Waals surface area (Å²) >= 11 is 17.7. The molecule has 6 heteroatoms. The van der Waals surface area contributed by atoms with E-state index in [0.717, 1.165) is 0 Å². The summed E-state index contributed by atoms with van der Waals surface area (Å²) in [6, 6.07) is 11.6. The first-order valence-corrected chi connectivity index (χ1v) is 6.47. The minimum absolute atomic E-state index is 0.278. The van der Waals surface area contributed by atoms with Crippen LogP contribution in [-0.2, 0) is 0 Å². The van der Waals surface area contributed by atoms with Gasteiger partial charge in [0.1, 0.15) is 0 Å². The number of carbonyl (C=O) groups excluding carboxylic acids is 1. The van der Waals surface area contributed by atoms with Gasteiger partial charge in [0, 0.05) is 10.7 Å². The first-order valence-electron chi connectivity index (χ1n) is 5.34. The predicted molar refractivity (Wildman–Crippen MR) is 80.6 cm³/mol. The molecule has 2 N–H and O–H groups in total. The number of para-hydroxylation sites is 1. The maximum atomic E-state index is 11.8. The zero-order valence-corrected chi connectivity index (χ0v) is 11.9. The molecule has 0 unspecified atom stereocenters. The van der Waals surface area contributed by atoms with Crippen molar-refractivity contribution in [2.75, 3.05) is 10.6 Å². The van der Waals surface area contributed by atoms with Crippen LogP contribution in [0.25, 0.3) is 0 Å². The SMILES string of the molecule is O=C(Nc1ccccc1)Nc1c(Cl)cc(Cl)cc1Cl. The van der Waals surface area contributed by atoms with Crippen molar-refractivity contribution in [3.05, 3.63) is 57.5 Å². The number of benzene rings is 2. The first-order chi connectivity index (χ1) is 9.06. The number of rotatable bonds is 2. The van der Waals surface area contributed by atoms with E-state index < -0.39 is 6.03 Å². The monoisotopic (exact) mass is 314 g/mol. The third kappa shape index (κ3) is 3.77. The fraction of sp³-hybridized carbons (Fsp3) is 0. The van der Waals surface area contributed by atoms with Gasteiger partial charge in [0.15, 0.2) is 0 Å². The molecule has 98 valence electrons. The lowest BCUT2D eigenvalue weighted by molar-refractivity contribution is 0.262. The van der Waals surface area contributed by atoms with Crippen molar-refractivity contribution >= 4 is 52.2 Å². The van der Waals surface area contributed by atoms with Crippen LogP contribution in [0.5, 0.6) is 0 Å². The molecule has 0 saturated heterocycles. The van der Waals surface area contributed by atoms with Crippen LogP contribution in [-0.4, -0.2) is 6.03 Å². The van der Waals surface area contributed by atoms with Crippen LogP contribution in [0.2, 0.25) is 15.1 Å². The number of hydrogen-bond donors (Lipinski definition) is 2. The average molecular weight is 316 g/mol. The second-order valence-corrected chi connectivity index (χ2v) is 4.94. The minimum atomic E-state index is -0.433. The number of urea groups is 1. The number of nitrogens with one attached hydrogen (secondary N) is 2. The summed E-state index contributed by atoms with van der Waals surface area (Å²) in [6.45, 7) is 0. The summed E-state index contributed by atoms with van der Waals surface area (Å²) in [5, 5.41) is 6.20. The molecule has 2 aromatic carbocycles. The summed E-state index contributed by atoms with van der Waals surface area (Å²) in [6.07, 6.45) is 0. The molecule has 2 rings (SSSR count). The topological polar surface area (TPSA) is 41.1 Å². The Bertz CT molecular complexity index is 579. The van der Waals surface area contributed by atoms with Crippen molar-refractivity contribution in [3.8, 4) is 0 Å². The van der Waals surface area contributed by atoms with Gasteiger partial charge in [-0.1, -0.05) is 53.0 Å². The Hall–Kier alpha value is -1.42. The van der Waals surface area contributed by atoms with Crippen LogP contribution in [0.3, 0.4) is 0 Å². The van der Waals surface area contributed by atoms with Crippen molar-refractivity contribution in [1.82, 2.24) is 0 Å². The Morgan fingerprint density at radius 1 is 0.895 bits per heavy atom. The van der Waals surface area contributed by atoms with Crippen molar-refractivity contribution in [1.29, 1.82) is 0 Å². The zero-order chi connectivity index (χ0) is 13.8. The molecule has 0 spiro atoms. The molecule has 0 radical (unpaired) electrons. The van der Waals surface area contributed by atoms with E-state index in [-0.39, 0.29) is 10.0 Å². The van der Waals surface area contributed by atoms with Crippen LogP contribution in [0.1, 0.15) is 0 Å². The summed E-state index contributed by atoms with van der Waals surface area (Å²) in [5.41, 5.74) is 0.988. The third-order valence-corrected chi connectivity index (χ3v) is 3.09. The molecule has 0 saturated carbocycles. The highest BCUT2D eigenvalue weighted by atomic mass is 35.5. The van der Waals surface area contributed by atoms with Gasteiger partial charge >= 0.3 is 6.03 Å². The molecule has 0 aliphatic heterocycles. The summed E-state index contributed by atoms with van der Waals surface area (Å²) < 4.78 is 0. The van der Waals surface area contributed by atoms with E-state index in [0.29, 0.717) is 16.4 Å². The Balaban J connectivity index is 2.12. The smallest absolute Gasteiger partial charge is 0.308 e. The molecular formula is C13H9Cl3N2O. The number of hydrogen-bond acceptors (Lipinski definition) is 1. The number of anilines is 2. The number of halogens is 3. The van der Waals surface area contributed by atoms with E-state index in [1.165, 1.54) is 12.1 Å². The van der Waals surface area contributed by atoms with E-state index in [1.54, 1.807) is 12.1 Å². The molecule has 19 heavy (non-hydrogen) atoms. The molecule has 3 nitrogen and oxygen atoms in total. The van der Waals surface area contributed by atoms with Crippen molar-refractivity contribution in [3.63, 3.8) is 0 Å². The quantitative estimate of drug-likeness (QED) is 0.776. The lowest BCUT2D eigenvalue weighted by Gasteiger charge is -2.11. The molecule has 0 aliphatic carbocycles. The fourth-order valence-corrected chi connectivity index (χ4v) is 2.37. The lowest BCUT2D eigenvalue weighted by Crippen LogP contribution is -2.19. The van der Waals surface area contributed by atoms with E-state index in [1.807, 2.05) is 18.2 Å². The van der Waals surface area contributed by atoms with E-state index >= 15 is 0 Å². The average Bonchev–Trinajstić information content (AvgIpc) is 2.35. The molecule has 0 bridgehead atoms. The van der Waals surface area contributed by atoms with Crippen LogP contribution < -0.4 is 10.6 Å². The van der Waals surface area contributed by atoms with Gasteiger partial charge in [0.2, 0.25) is 0 Å². The molecule has 2 amide bonds. The van der Waals surface area contributed by atoms with Gasteiger partial charge < -0.3 is 10.6 Å². The predicted octanol–water partition coefficient (Wildman–Crippen LogP) is 5.29. The van der Waals surface area contributed by atoms with Crippen molar-refractivity contribution in [2.45, 2.75) is 0 Å². The lowest BCUT2D eigenvalue weighted by atomic mass is 10.3. The van der Waals surface area contributed by atoms with Gasteiger partial charge in [-0.3, -0.25) is 0 Å². The highest BCUT2D eigenvalue weighted by Crippen LogP contribution is 2.33. The Labute approximate surface area is 125 Å². The van der Waals surface area contributed by atoms with Gasteiger partial charge in [0.25, 0.3) is 0 Å². The van der Waals surface area contributed by atoms with E-state index in [2.05, 4.69) is 10.6 Å². The normalized spacial score (nSPS) is 10.1. The molecule has 0 fully saturated rings. The zero-order valence-electron chi connectivity index (χ0n) is 9.58. The Kier molecular flexibility index (Phi) is 4.53. The summed E-state index contributed by atoms with van der Waals surface area (Å²) in [5.74, 6) is 0. The number of carbonyl (C=O) groups is 1. The Morgan fingerprint density at radius 3 is 2.05 bits per heavy atom. The third-order valence-electron chi connectivity index (χ3n) is 2.28. The van der Waals surface area contributed by atoms with Crippen LogP contribution in [0, 0.1) is 0 Å². The second kappa shape index (κ2) is 6.15. The Morgan fingerprint density at radius 2 is 1.47 bits per heavy atom. The fourth-order valence-electron chi connectivity index (χ4n) is 1.46. The van der Waals surface area contributed by atoms with Crippen LogP contribution in [0.4, 0.5) is 16.2 Å². The summed E-state index contributed by atoms with van der Waals surface area (Å²) in [7, 11) is 0. The van der Waals surface area contributed by atoms with E-state index in [9.17, 15) is 4.79 Å². The number of amides is 2. The van der Waals surface area contributed by atoms with Gasteiger partial charge in [-0.2, -0.15) is 0 Å². The molecule has 0 atom stereocenters. The van der Waals surface area contributed by atoms with Crippen LogP contribution in [0.15, 0.2) is 42.5 Å². The molecule has 0 aliphatic rings. The maximum absolute atomic E-state index is 11.8. The minimum Gasteiger partial charge on any atom is -0.308 e. The maximum Gasteiger partial charge on any atom is 0.323 e. The van der Waals surface area contributed by atoms with Crippen LogP contribution >= 0.6 is 34.8 Å². The van der Waals surface area contributed by atoms with E-state index in [4.69, 9.17) is 34.8 Å². The molecule has 0 heterocycles. The summed E-state index contributed by atoms with van der Waals surface area (Å²) in [4.78, 5) is 11.8. The molecule has 2 aromatic rings. The first kappa shape index (κ1) is 14.0. The van der Waals surface area contributed by atoms with Gasteiger partial charge in [-0.05, 0) is 24.3 Å². The van der Waals surface area contributed by atoms with Gasteiger partial charge in [-0.25, -0.2) is 4.79 Å². The van der Waals surface area contributed by atoms with Crippen molar-refractivity contribution in [2.24, 2.45) is 0 Å². The largest absolute Gasteiger partial charge is 0.323 e. The van der Waals surface area contributed by atoms with Gasteiger partial charge in [-0.15, -0.1) is 0 Å². The standard InChI is InChI=1S/C13H9Cl3N2O/c14-8-6-10(15)12(11(16)7-8)18-13(19)17-9-4-2-1-3-5-9/h1-7H,(H2,17,18,19). The molecule has 0 aromatic heterocycles.